The number of rotatable bonds is 16. The Bertz CT molecular complexity index is 2080. The summed E-state index contributed by atoms with van der Waals surface area (Å²) in [5.41, 5.74) is 7.74. The minimum absolute atomic E-state index is 0.0617. The summed E-state index contributed by atoms with van der Waals surface area (Å²) < 4.78 is 22.2. The summed E-state index contributed by atoms with van der Waals surface area (Å²) in [5, 5.41) is 18.6. The van der Waals surface area contributed by atoms with Crippen LogP contribution in [-0.4, -0.2) is 66.6 Å². The normalized spacial score (nSPS) is 13.0. The van der Waals surface area contributed by atoms with Gasteiger partial charge in [0.15, 0.2) is 18.0 Å². The maximum absolute atomic E-state index is 13.5. The smallest absolute Gasteiger partial charge is 0.333 e. The van der Waals surface area contributed by atoms with Crippen LogP contribution in [-0.2, 0) is 31.9 Å². The molecule has 4 aromatic rings. The molecule has 0 saturated heterocycles. The molecule has 56 heavy (non-hydrogen) atoms. The topological polar surface area (TPSA) is 129 Å². The second-order valence-corrected chi connectivity index (χ2v) is 13.0. The number of benzene rings is 4. The predicted octanol–water partition coefficient (Wildman–Crippen LogP) is 7.72. The molecule has 2 atom stereocenters. The molecule has 0 unspecified atom stereocenters. The molecule has 9 nitrogen and oxygen atoms in total. The molecular weight excluding hydrogens is 709 g/mol. The zero-order chi connectivity index (χ0) is 40.0. The van der Waals surface area contributed by atoms with Gasteiger partial charge in [-0.1, -0.05) is 60.1 Å². The van der Waals surface area contributed by atoms with Gasteiger partial charge >= 0.3 is 11.9 Å². The highest BCUT2D eigenvalue weighted by molar-refractivity contribution is 6.22. The number of allylic oxidation sites excluding steroid dienone is 2. The number of ether oxygens (including phenoxy) is 4. The summed E-state index contributed by atoms with van der Waals surface area (Å²) in [4.78, 5) is 36.2. The Morgan fingerprint density at radius 3 is 1.36 bits per heavy atom. The van der Waals surface area contributed by atoms with Crippen LogP contribution >= 0.6 is 0 Å². The maximum Gasteiger partial charge on any atom is 0.333 e. The third kappa shape index (κ3) is 11.3. The number of carboxylic acid groups (broad SMARTS) is 2. The molecular formula is C47H44O9. The molecule has 5 rings (SSSR count). The Balaban J connectivity index is 1.13. The average molecular weight is 753 g/mol. The molecule has 0 aliphatic heterocycles. The minimum Gasteiger partial charge on any atom is -0.490 e. The lowest BCUT2D eigenvalue weighted by atomic mass is 10.0. The molecule has 4 aromatic carbocycles. The van der Waals surface area contributed by atoms with Gasteiger partial charge in [-0.15, -0.1) is 0 Å². The fraction of sp³-hybridized carbons (Fsp3) is 0.255. The molecule has 0 fully saturated rings. The maximum atomic E-state index is 13.5. The van der Waals surface area contributed by atoms with Crippen molar-refractivity contribution in [3.8, 4) is 46.3 Å². The number of hydrogen-bond donors (Lipinski definition) is 2. The second-order valence-electron chi connectivity index (χ2n) is 13.0. The summed E-state index contributed by atoms with van der Waals surface area (Å²) >= 11 is 0. The lowest BCUT2D eigenvalue weighted by Gasteiger charge is -2.12. The van der Waals surface area contributed by atoms with Crippen LogP contribution < -0.4 is 9.47 Å². The lowest BCUT2D eigenvalue weighted by molar-refractivity contribution is -0.150. The number of carboxylic acids is 2. The second kappa shape index (κ2) is 19.8. The number of hydrogen-bond acceptors (Lipinski definition) is 7. The van der Waals surface area contributed by atoms with Gasteiger partial charge in [-0.2, -0.15) is 0 Å². The number of ketones is 1. The number of carbonyl (C=O) groups is 3. The first kappa shape index (κ1) is 40.8. The van der Waals surface area contributed by atoms with E-state index in [9.17, 15) is 24.6 Å². The first-order valence-corrected chi connectivity index (χ1v) is 18.4. The Morgan fingerprint density at radius 2 is 1.00 bits per heavy atom. The predicted molar refractivity (Wildman–Crippen MR) is 214 cm³/mol. The average Bonchev–Trinajstić information content (AvgIpc) is 3.47. The van der Waals surface area contributed by atoms with Crippen molar-refractivity contribution in [2.75, 3.05) is 26.4 Å². The van der Waals surface area contributed by atoms with E-state index >= 15 is 0 Å². The Hall–Kier alpha value is -6.39. The van der Waals surface area contributed by atoms with E-state index in [0.29, 0.717) is 49.1 Å². The molecule has 286 valence electrons. The van der Waals surface area contributed by atoms with Crippen LogP contribution in [0.4, 0.5) is 0 Å². The third-order valence-corrected chi connectivity index (χ3v) is 8.88. The van der Waals surface area contributed by atoms with Crippen molar-refractivity contribution < 1.29 is 43.5 Å². The molecule has 1 aliphatic carbocycles. The largest absolute Gasteiger partial charge is 0.490 e. The summed E-state index contributed by atoms with van der Waals surface area (Å²) in [6.07, 6.45) is 2.55. The molecule has 1 aliphatic rings. The van der Waals surface area contributed by atoms with E-state index in [-0.39, 0.29) is 18.6 Å². The highest BCUT2D eigenvalue weighted by Crippen LogP contribution is 2.37. The van der Waals surface area contributed by atoms with E-state index in [1.165, 1.54) is 0 Å². The zero-order valence-electron chi connectivity index (χ0n) is 31.9. The SMILES string of the molecule is CCO[C@H](Cc1ccc(OC/C=C(\C)C#Cc2ccc3c(c2)C(=O)c2cc(C#C/C(C)=C/COc4ccc(C[C@@H](OCC)C(=O)O)cc4)ccc2-3)cc1)C(=O)O. The van der Waals surface area contributed by atoms with Gasteiger partial charge < -0.3 is 29.2 Å². The van der Waals surface area contributed by atoms with Crippen molar-refractivity contribution in [3.05, 3.63) is 142 Å². The third-order valence-electron chi connectivity index (χ3n) is 8.88. The van der Waals surface area contributed by atoms with Crippen LogP contribution in [0.1, 0.15) is 65.9 Å². The Kier molecular flexibility index (Phi) is 14.4. The van der Waals surface area contributed by atoms with Crippen LogP contribution in [0.25, 0.3) is 11.1 Å². The lowest BCUT2D eigenvalue weighted by Crippen LogP contribution is -2.26. The highest BCUT2D eigenvalue weighted by atomic mass is 16.5. The minimum atomic E-state index is -0.985. The van der Waals surface area contributed by atoms with Crippen LogP contribution in [0.5, 0.6) is 11.5 Å². The van der Waals surface area contributed by atoms with Gasteiger partial charge in [-0.25, -0.2) is 9.59 Å². The van der Waals surface area contributed by atoms with Crippen LogP contribution in [0, 0.1) is 23.7 Å². The van der Waals surface area contributed by atoms with Gasteiger partial charge in [0.25, 0.3) is 0 Å². The van der Waals surface area contributed by atoms with E-state index in [0.717, 1.165) is 44.5 Å². The Morgan fingerprint density at radius 1 is 0.607 bits per heavy atom. The van der Waals surface area contributed by atoms with E-state index in [4.69, 9.17) is 18.9 Å². The van der Waals surface area contributed by atoms with Crippen molar-refractivity contribution in [1.29, 1.82) is 0 Å². The fourth-order valence-corrected chi connectivity index (χ4v) is 5.91. The Labute approximate surface area is 327 Å². The van der Waals surface area contributed by atoms with Gasteiger partial charge in [0, 0.05) is 48.3 Å². The first-order chi connectivity index (χ1) is 27.0. The molecule has 0 saturated carbocycles. The van der Waals surface area contributed by atoms with Crippen LogP contribution in [0.15, 0.2) is 108 Å². The van der Waals surface area contributed by atoms with E-state index in [1.807, 2.05) is 86.7 Å². The van der Waals surface area contributed by atoms with Crippen molar-refractivity contribution in [2.24, 2.45) is 0 Å². The molecule has 0 bridgehead atoms. The highest BCUT2D eigenvalue weighted by Gasteiger charge is 2.27. The van der Waals surface area contributed by atoms with Crippen molar-refractivity contribution in [3.63, 3.8) is 0 Å². The van der Waals surface area contributed by atoms with E-state index in [1.54, 1.807) is 38.1 Å². The molecule has 2 N–H and O–H groups in total. The van der Waals surface area contributed by atoms with Gasteiger partial charge in [-0.05, 0) is 122 Å². The standard InChI is InChI=1S/C47H44O9/c1-5-53-43(46(49)50)29-35-11-17-37(18-12-35)55-25-23-31(3)7-9-33-15-21-39-40-22-16-34(28-42(40)45(48)41(39)27-33)10-8-32(4)24-26-56-38-19-13-36(14-20-38)30-44(47(51)52)54-6-2/h11-24,27-28,43-44H,5-6,25-26,29-30H2,1-4H3,(H,49,50)(H,51,52)/b31-23+,32-24+/t43-,44-/m1/s1. The van der Waals surface area contributed by atoms with Crippen LogP contribution in [0.2, 0.25) is 0 Å². The van der Waals surface area contributed by atoms with Crippen LogP contribution in [0.3, 0.4) is 0 Å². The summed E-state index contributed by atoms with van der Waals surface area (Å²) in [5.74, 6) is 11.9. The molecule has 0 spiro atoms. The monoisotopic (exact) mass is 752 g/mol. The molecule has 0 amide bonds. The summed E-state index contributed by atoms with van der Waals surface area (Å²) in [6.45, 7) is 8.61. The van der Waals surface area contributed by atoms with Gasteiger partial charge in [-0.3, -0.25) is 4.79 Å². The molecule has 0 aromatic heterocycles. The zero-order valence-corrected chi connectivity index (χ0v) is 31.9. The van der Waals surface area contributed by atoms with Crippen molar-refractivity contribution >= 4 is 17.7 Å². The number of fused-ring (bicyclic) bond motifs is 3. The molecule has 0 heterocycles. The van der Waals surface area contributed by atoms with E-state index in [2.05, 4.69) is 23.7 Å². The fourth-order valence-electron chi connectivity index (χ4n) is 5.91. The van der Waals surface area contributed by atoms with Gasteiger partial charge in [0.1, 0.15) is 24.7 Å². The molecule has 9 heteroatoms. The molecule has 0 radical (unpaired) electrons. The number of aliphatic carboxylic acids is 2. The summed E-state index contributed by atoms with van der Waals surface area (Å²) in [6, 6.07) is 25.9. The van der Waals surface area contributed by atoms with Crippen molar-refractivity contribution in [1.82, 2.24) is 0 Å². The van der Waals surface area contributed by atoms with Crippen molar-refractivity contribution in [2.45, 2.75) is 52.7 Å². The number of carbonyl (C=O) groups excluding carboxylic acids is 1. The van der Waals surface area contributed by atoms with E-state index < -0.39 is 24.1 Å². The van der Waals surface area contributed by atoms with Gasteiger partial charge in [0.05, 0.1) is 0 Å². The first-order valence-electron chi connectivity index (χ1n) is 18.4. The quantitative estimate of drug-likeness (QED) is 0.0974. The van der Waals surface area contributed by atoms with Gasteiger partial charge in [0.2, 0.25) is 0 Å². The summed E-state index contributed by atoms with van der Waals surface area (Å²) in [7, 11) is 0.